The number of pyridine rings is 1. The maximum atomic E-state index is 12.1. The Morgan fingerprint density at radius 2 is 2.00 bits per heavy atom. The molecule has 1 aromatic rings. The van der Waals surface area contributed by atoms with Crippen LogP contribution < -0.4 is 11.1 Å². The van der Waals surface area contributed by atoms with E-state index in [1.54, 1.807) is 19.2 Å². The number of nitrogens with zero attached hydrogens (tertiary/aromatic N) is 1. The Balaban J connectivity index is 2.36. The van der Waals surface area contributed by atoms with Crippen molar-refractivity contribution < 1.29 is 14.7 Å². The van der Waals surface area contributed by atoms with Crippen LogP contribution in [-0.4, -0.2) is 33.9 Å². The number of carbonyl (C=O) groups excluding carboxylic acids is 2. The third kappa shape index (κ3) is 6.46. The van der Waals surface area contributed by atoms with E-state index in [2.05, 4.69) is 10.3 Å². The van der Waals surface area contributed by atoms with Gasteiger partial charge in [-0.3, -0.25) is 14.6 Å². The molecule has 4 N–H and O–H groups in total. The van der Waals surface area contributed by atoms with Gasteiger partial charge in [0.25, 0.3) is 0 Å². The van der Waals surface area contributed by atoms with Crippen LogP contribution in [0.3, 0.4) is 0 Å². The van der Waals surface area contributed by atoms with E-state index in [4.69, 9.17) is 10.8 Å². The van der Waals surface area contributed by atoms with Crippen molar-refractivity contribution in [1.82, 2.24) is 10.3 Å². The standard InChI is InChI=1S/C17H27N3O3/c1-11(2)16(18)17(23)20-12(3)15(22)6-4-5-13-7-8-14(10-21)19-9-13/h7-9,11-12,16,21H,4-6,10,18H2,1-3H3,(H,20,23)/t12?,16-/m0/s1. The normalized spacial score (nSPS) is 13.7. The summed E-state index contributed by atoms with van der Waals surface area (Å²) in [4.78, 5) is 28.0. The number of Topliss-reactive ketones (excluding diaryl/α,β-unsaturated/α-hetero) is 1. The van der Waals surface area contributed by atoms with Gasteiger partial charge in [-0.2, -0.15) is 0 Å². The van der Waals surface area contributed by atoms with E-state index in [1.165, 1.54) is 0 Å². The van der Waals surface area contributed by atoms with Gasteiger partial charge in [-0.15, -0.1) is 0 Å². The number of hydrogen-bond acceptors (Lipinski definition) is 5. The van der Waals surface area contributed by atoms with E-state index < -0.39 is 12.1 Å². The van der Waals surface area contributed by atoms with Crippen LogP contribution in [0, 0.1) is 5.92 Å². The van der Waals surface area contributed by atoms with Gasteiger partial charge in [0.1, 0.15) is 0 Å². The molecule has 0 radical (unpaired) electrons. The van der Waals surface area contributed by atoms with Gasteiger partial charge in [0.2, 0.25) is 5.91 Å². The molecular weight excluding hydrogens is 294 g/mol. The Bertz CT molecular complexity index is 514. The van der Waals surface area contributed by atoms with Crippen LogP contribution in [-0.2, 0) is 22.6 Å². The third-order valence-electron chi connectivity index (χ3n) is 3.80. The molecule has 0 fully saturated rings. The van der Waals surface area contributed by atoms with Crippen molar-refractivity contribution in [3.63, 3.8) is 0 Å². The maximum absolute atomic E-state index is 12.1. The van der Waals surface area contributed by atoms with Crippen molar-refractivity contribution in [3.05, 3.63) is 29.6 Å². The molecule has 0 aromatic carbocycles. The fourth-order valence-corrected chi connectivity index (χ4v) is 2.07. The number of aliphatic hydroxyl groups excluding tert-OH is 1. The number of aryl methyl sites for hydroxylation is 1. The topological polar surface area (TPSA) is 105 Å². The first-order valence-electron chi connectivity index (χ1n) is 7.98. The average molecular weight is 321 g/mol. The van der Waals surface area contributed by atoms with Crippen molar-refractivity contribution in [2.75, 3.05) is 0 Å². The van der Waals surface area contributed by atoms with Crippen LogP contribution in [0.1, 0.15) is 44.9 Å². The molecule has 6 heteroatoms. The lowest BCUT2D eigenvalue weighted by molar-refractivity contribution is -0.128. The van der Waals surface area contributed by atoms with E-state index in [0.717, 1.165) is 12.0 Å². The number of rotatable bonds is 9. The Labute approximate surface area is 137 Å². The molecule has 1 amide bonds. The lowest BCUT2D eigenvalue weighted by Gasteiger charge is -2.19. The molecule has 1 heterocycles. The summed E-state index contributed by atoms with van der Waals surface area (Å²) < 4.78 is 0. The molecule has 0 spiro atoms. The highest BCUT2D eigenvalue weighted by Gasteiger charge is 2.21. The lowest BCUT2D eigenvalue weighted by Crippen LogP contribution is -2.49. The number of aliphatic hydroxyl groups is 1. The van der Waals surface area contributed by atoms with Gasteiger partial charge < -0.3 is 16.2 Å². The Kier molecular flexibility index (Phi) is 7.85. The van der Waals surface area contributed by atoms with Gasteiger partial charge in [-0.05, 0) is 37.3 Å². The number of nitrogens with one attached hydrogen (secondary N) is 1. The van der Waals surface area contributed by atoms with E-state index >= 15 is 0 Å². The predicted molar refractivity (Wildman–Crippen MR) is 88.5 cm³/mol. The lowest BCUT2D eigenvalue weighted by atomic mass is 10.0. The Hall–Kier alpha value is -1.79. The summed E-state index contributed by atoms with van der Waals surface area (Å²) in [6, 6.07) is 2.55. The monoisotopic (exact) mass is 321 g/mol. The fraction of sp³-hybridized carbons (Fsp3) is 0.588. The van der Waals surface area contributed by atoms with E-state index in [0.29, 0.717) is 18.5 Å². The van der Waals surface area contributed by atoms with Crippen LogP contribution in [0.4, 0.5) is 0 Å². The molecule has 128 valence electrons. The number of hydrogen-bond donors (Lipinski definition) is 3. The summed E-state index contributed by atoms with van der Waals surface area (Å²) in [5.41, 5.74) is 7.41. The van der Waals surface area contributed by atoms with E-state index in [-0.39, 0.29) is 24.2 Å². The van der Waals surface area contributed by atoms with Crippen molar-refractivity contribution in [3.8, 4) is 0 Å². The zero-order valence-corrected chi connectivity index (χ0v) is 14.1. The highest BCUT2D eigenvalue weighted by atomic mass is 16.3. The van der Waals surface area contributed by atoms with Gasteiger partial charge in [0.05, 0.1) is 24.4 Å². The van der Waals surface area contributed by atoms with Gasteiger partial charge in [-0.25, -0.2) is 0 Å². The number of nitrogens with two attached hydrogens (primary N) is 1. The molecule has 0 aliphatic rings. The molecule has 0 aliphatic heterocycles. The summed E-state index contributed by atoms with van der Waals surface area (Å²) in [6.45, 7) is 5.35. The van der Waals surface area contributed by atoms with Gasteiger partial charge in [-0.1, -0.05) is 19.9 Å². The largest absolute Gasteiger partial charge is 0.390 e. The van der Waals surface area contributed by atoms with Crippen LogP contribution in [0.15, 0.2) is 18.3 Å². The first kappa shape index (κ1) is 19.3. The van der Waals surface area contributed by atoms with Crippen LogP contribution >= 0.6 is 0 Å². The zero-order chi connectivity index (χ0) is 17.4. The summed E-state index contributed by atoms with van der Waals surface area (Å²) in [6.07, 6.45) is 3.52. The molecule has 23 heavy (non-hydrogen) atoms. The zero-order valence-electron chi connectivity index (χ0n) is 14.1. The van der Waals surface area contributed by atoms with Gasteiger partial charge in [0.15, 0.2) is 5.78 Å². The van der Waals surface area contributed by atoms with Crippen LogP contribution in [0.5, 0.6) is 0 Å². The Morgan fingerprint density at radius 3 is 2.52 bits per heavy atom. The van der Waals surface area contributed by atoms with Crippen molar-refractivity contribution >= 4 is 11.7 Å². The van der Waals surface area contributed by atoms with Gasteiger partial charge >= 0.3 is 0 Å². The van der Waals surface area contributed by atoms with E-state index in [9.17, 15) is 9.59 Å². The first-order chi connectivity index (χ1) is 10.8. The molecule has 0 aliphatic carbocycles. The minimum atomic E-state index is -0.596. The first-order valence-corrected chi connectivity index (χ1v) is 7.98. The number of aromatic nitrogens is 1. The predicted octanol–water partition coefficient (Wildman–Crippen LogP) is 0.954. The minimum Gasteiger partial charge on any atom is -0.390 e. The molecule has 6 nitrogen and oxygen atoms in total. The summed E-state index contributed by atoms with van der Waals surface area (Å²) in [5.74, 6) is -0.259. The molecule has 1 aromatic heterocycles. The second kappa shape index (κ2) is 9.37. The summed E-state index contributed by atoms with van der Waals surface area (Å²) in [5, 5.41) is 11.6. The molecule has 0 bridgehead atoms. The second-order valence-electron chi connectivity index (χ2n) is 6.14. The highest BCUT2D eigenvalue weighted by Crippen LogP contribution is 2.07. The van der Waals surface area contributed by atoms with Crippen LogP contribution in [0.25, 0.3) is 0 Å². The number of carbonyl (C=O) groups is 2. The van der Waals surface area contributed by atoms with Crippen molar-refractivity contribution in [2.45, 2.75) is 58.7 Å². The quantitative estimate of drug-likeness (QED) is 0.628. The van der Waals surface area contributed by atoms with Gasteiger partial charge in [0, 0.05) is 12.6 Å². The molecule has 1 unspecified atom stereocenters. The molecule has 0 saturated heterocycles. The SMILES string of the molecule is CC(NC(=O)[C@@H](N)C(C)C)C(=O)CCCc1ccc(CO)nc1. The maximum Gasteiger partial charge on any atom is 0.237 e. The molecule has 0 saturated carbocycles. The van der Waals surface area contributed by atoms with Crippen molar-refractivity contribution in [2.24, 2.45) is 11.7 Å². The average Bonchev–Trinajstić information content (AvgIpc) is 2.54. The number of ketones is 1. The molecular formula is C17H27N3O3. The molecule has 2 atom stereocenters. The van der Waals surface area contributed by atoms with E-state index in [1.807, 2.05) is 19.9 Å². The summed E-state index contributed by atoms with van der Waals surface area (Å²) in [7, 11) is 0. The number of amides is 1. The highest BCUT2D eigenvalue weighted by molar-refractivity contribution is 5.90. The van der Waals surface area contributed by atoms with Crippen molar-refractivity contribution in [1.29, 1.82) is 0 Å². The second-order valence-corrected chi connectivity index (χ2v) is 6.14. The third-order valence-corrected chi connectivity index (χ3v) is 3.80. The fourth-order valence-electron chi connectivity index (χ4n) is 2.07. The minimum absolute atomic E-state index is 0.00533. The summed E-state index contributed by atoms with van der Waals surface area (Å²) >= 11 is 0. The smallest absolute Gasteiger partial charge is 0.237 e. The molecule has 1 rings (SSSR count). The Morgan fingerprint density at radius 1 is 1.30 bits per heavy atom. The van der Waals surface area contributed by atoms with Crippen LogP contribution in [0.2, 0.25) is 0 Å².